The SMILES string of the molecule is N.N1PNPNP1. The van der Waals surface area contributed by atoms with Gasteiger partial charge in [0.15, 0.2) is 0 Å². The number of nitrogens with one attached hydrogen (secondary N) is 3. The van der Waals surface area contributed by atoms with Crippen molar-refractivity contribution < 1.29 is 0 Å². The molecule has 1 heterocycles. The van der Waals surface area contributed by atoms with Crippen LogP contribution in [0.4, 0.5) is 0 Å². The maximum Gasteiger partial charge on any atom is 0.0273 e. The Morgan fingerprint density at radius 1 is 0.714 bits per heavy atom. The van der Waals surface area contributed by atoms with Gasteiger partial charge in [-0.05, 0) is 0 Å². The Morgan fingerprint density at radius 2 is 1.00 bits per heavy atom. The van der Waals surface area contributed by atoms with Gasteiger partial charge in [-0.25, -0.2) is 0 Å². The summed E-state index contributed by atoms with van der Waals surface area (Å²) in [6.45, 7) is 0. The predicted octanol–water partition coefficient (Wildman–Crippen LogP) is 0.456. The Morgan fingerprint density at radius 3 is 1.14 bits per heavy atom. The summed E-state index contributed by atoms with van der Waals surface area (Å²) in [4.78, 5) is 9.38. The molecule has 1 rings (SSSR count). The Bertz CT molecular complexity index is 22.4. The maximum atomic E-state index is 3.12. The van der Waals surface area contributed by atoms with E-state index in [9.17, 15) is 0 Å². The van der Waals surface area contributed by atoms with Crippen LogP contribution in [0.2, 0.25) is 0 Å². The summed E-state index contributed by atoms with van der Waals surface area (Å²) in [6.07, 6.45) is 0. The highest BCUT2D eigenvalue weighted by Crippen LogP contribution is 2.23. The highest BCUT2D eigenvalue weighted by molar-refractivity contribution is 7.65. The fraction of sp³-hybridized carbons (Fsp3) is 0. The average molecular weight is 158 g/mol. The number of hydrogen-bond acceptors (Lipinski definition) is 4. The van der Waals surface area contributed by atoms with Crippen LogP contribution in [-0.2, 0) is 0 Å². The standard InChI is InChI=1S/H6N3P3.H3N/c1-4-2-6-3-5-1;/h1-6H;1H3. The zero-order valence-electron chi connectivity index (χ0n) is 3.71. The summed E-state index contributed by atoms with van der Waals surface area (Å²) < 4.78 is 0. The molecule has 0 amide bonds. The summed E-state index contributed by atoms with van der Waals surface area (Å²) in [7, 11) is 2.29. The van der Waals surface area contributed by atoms with Gasteiger partial charge in [-0.3, -0.25) is 14.6 Å². The fourth-order valence-electron chi connectivity index (χ4n) is 0.188. The summed E-state index contributed by atoms with van der Waals surface area (Å²) in [5.41, 5.74) is 0. The van der Waals surface area contributed by atoms with Crippen LogP contribution in [0.25, 0.3) is 0 Å². The van der Waals surface area contributed by atoms with Crippen LogP contribution in [0.5, 0.6) is 0 Å². The Kier molecular flexibility index (Phi) is 6.12. The fourth-order valence-corrected chi connectivity index (χ4v) is 3.38. The monoisotopic (exact) mass is 158 g/mol. The zero-order chi connectivity index (χ0) is 4.24. The van der Waals surface area contributed by atoms with E-state index < -0.39 is 0 Å². The first-order valence-electron chi connectivity index (χ1n) is 1.50. The normalized spacial score (nSPS) is 30.9. The molecule has 7 heavy (non-hydrogen) atoms. The molecule has 0 aliphatic carbocycles. The van der Waals surface area contributed by atoms with Crippen molar-refractivity contribution in [2.45, 2.75) is 0 Å². The Balaban J connectivity index is 0.000000360. The lowest BCUT2D eigenvalue weighted by Gasteiger charge is -2.12. The molecule has 0 atom stereocenters. The molecular weight excluding hydrogens is 149 g/mol. The second-order valence-electron chi connectivity index (χ2n) is 0.750. The minimum absolute atomic E-state index is 0. The Hall–Kier alpha value is 1.13. The first kappa shape index (κ1) is 8.13. The van der Waals surface area contributed by atoms with Gasteiger partial charge >= 0.3 is 0 Å². The second-order valence-corrected chi connectivity index (χ2v) is 4.50. The Labute approximate surface area is 48.2 Å². The highest BCUT2D eigenvalue weighted by atomic mass is 31.2. The molecule has 0 radical (unpaired) electrons. The van der Waals surface area contributed by atoms with E-state index in [1.807, 2.05) is 0 Å². The summed E-state index contributed by atoms with van der Waals surface area (Å²) >= 11 is 0. The quantitative estimate of drug-likeness (QED) is 0.386. The van der Waals surface area contributed by atoms with Crippen molar-refractivity contribution in [3.8, 4) is 0 Å². The molecule has 44 valence electrons. The van der Waals surface area contributed by atoms with Crippen LogP contribution in [0, 0.1) is 0 Å². The summed E-state index contributed by atoms with van der Waals surface area (Å²) in [6, 6.07) is 0. The van der Waals surface area contributed by atoms with E-state index in [2.05, 4.69) is 14.6 Å². The molecule has 0 aromatic heterocycles. The molecule has 1 aliphatic rings. The van der Waals surface area contributed by atoms with Gasteiger partial charge in [0, 0.05) is 26.6 Å². The number of hydrogen-bond donors (Lipinski definition) is 4. The third-order valence-electron chi connectivity index (χ3n) is 0.375. The third-order valence-corrected chi connectivity index (χ3v) is 3.38. The van der Waals surface area contributed by atoms with Crippen molar-refractivity contribution in [2.75, 3.05) is 0 Å². The van der Waals surface area contributed by atoms with Crippen LogP contribution >= 0.6 is 26.6 Å². The topological polar surface area (TPSA) is 71.1 Å². The van der Waals surface area contributed by atoms with E-state index in [-0.39, 0.29) is 6.15 Å². The first-order chi connectivity index (χ1) is 3.00. The first-order valence-corrected chi connectivity index (χ1v) is 4.50. The van der Waals surface area contributed by atoms with Crippen molar-refractivity contribution >= 4 is 26.6 Å². The van der Waals surface area contributed by atoms with Crippen molar-refractivity contribution in [2.24, 2.45) is 0 Å². The largest absolute Gasteiger partial charge is 0.344 e. The molecule has 1 fully saturated rings. The molecule has 4 nitrogen and oxygen atoms in total. The van der Waals surface area contributed by atoms with Crippen LogP contribution < -0.4 is 20.7 Å². The van der Waals surface area contributed by atoms with E-state index in [0.717, 1.165) is 26.6 Å². The summed E-state index contributed by atoms with van der Waals surface area (Å²) in [5.74, 6) is 0. The van der Waals surface area contributed by atoms with E-state index in [1.54, 1.807) is 0 Å². The van der Waals surface area contributed by atoms with Crippen LogP contribution in [0.1, 0.15) is 0 Å². The molecule has 0 bridgehead atoms. The smallest absolute Gasteiger partial charge is 0.0273 e. The molecule has 0 aromatic rings. The second kappa shape index (κ2) is 5.27. The number of rotatable bonds is 0. The maximum absolute atomic E-state index is 3.12. The van der Waals surface area contributed by atoms with Gasteiger partial charge < -0.3 is 6.15 Å². The van der Waals surface area contributed by atoms with Crippen LogP contribution in [-0.4, -0.2) is 0 Å². The van der Waals surface area contributed by atoms with Gasteiger partial charge in [-0.2, -0.15) is 0 Å². The van der Waals surface area contributed by atoms with Gasteiger partial charge in [-0.1, -0.05) is 0 Å². The molecule has 1 saturated heterocycles. The highest BCUT2D eigenvalue weighted by Gasteiger charge is 1.89. The van der Waals surface area contributed by atoms with Crippen molar-refractivity contribution in [1.29, 1.82) is 0 Å². The minimum Gasteiger partial charge on any atom is -0.344 e. The van der Waals surface area contributed by atoms with Gasteiger partial charge in [-0.15, -0.1) is 0 Å². The van der Waals surface area contributed by atoms with E-state index in [0.29, 0.717) is 0 Å². The van der Waals surface area contributed by atoms with E-state index in [4.69, 9.17) is 0 Å². The van der Waals surface area contributed by atoms with Crippen LogP contribution in [0.3, 0.4) is 0 Å². The molecule has 0 spiro atoms. The zero-order valence-corrected chi connectivity index (χ0v) is 6.71. The van der Waals surface area contributed by atoms with Gasteiger partial charge in [0.1, 0.15) is 0 Å². The van der Waals surface area contributed by atoms with Gasteiger partial charge in [0.2, 0.25) is 0 Å². The minimum atomic E-state index is 0. The molecule has 0 saturated carbocycles. The molecule has 0 unspecified atom stereocenters. The third kappa shape index (κ3) is 3.69. The van der Waals surface area contributed by atoms with Crippen molar-refractivity contribution in [3.05, 3.63) is 0 Å². The van der Waals surface area contributed by atoms with E-state index in [1.165, 1.54) is 0 Å². The van der Waals surface area contributed by atoms with Gasteiger partial charge in [0.25, 0.3) is 0 Å². The lowest BCUT2D eigenvalue weighted by molar-refractivity contribution is 1.44. The lowest BCUT2D eigenvalue weighted by atomic mass is 13.8. The molecule has 0 aromatic carbocycles. The lowest BCUT2D eigenvalue weighted by Crippen LogP contribution is -2.07. The molecule has 7 heteroatoms. The van der Waals surface area contributed by atoms with Gasteiger partial charge in [0.05, 0.1) is 0 Å². The average Bonchev–Trinajstić information content (AvgIpc) is 1.72. The van der Waals surface area contributed by atoms with Crippen molar-refractivity contribution in [1.82, 2.24) is 20.7 Å². The summed E-state index contributed by atoms with van der Waals surface area (Å²) in [5, 5.41) is 0. The molecule has 1 aliphatic heterocycles. The molecular formula is H9N4P3. The van der Waals surface area contributed by atoms with E-state index >= 15 is 0 Å². The van der Waals surface area contributed by atoms with Crippen molar-refractivity contribution in [3.63, 3.8) is 0 Å². The van der Waals surface area contributed by atoms with Crippen LogP contribution in [0.15, 0.2) is 0 Å². The predicted molar refractivity (Wildman–Crippen MR) is 39.4 cm³/mol. The molecule has 6 N–H and O–H groups in total.